The molecule has 2 aromatic rings. The summed E-state index contributed by atoms with van der Waals surface area (Å²) >= 11 is -1.16. The van der Waals surface area contributed by atoms with E-state index < -0.39 is 29.2 Å². The van der Waals surface area contributed by atoms with Gasteiger partial charge < -0.3 is 30.5 Å². The molecule has 0 spiro atoms. The number of hydrogen-bond acceptors (Lipinski definition) is 5. The number of amides is 4. The van der Waals surface area contributed by atoms with Crippen LogP contribution in [-0.4, -0.2) is 69.0 Å². The van der Waals surface area contributed by atoms with Gasteiger partial charge in [0, 0.05) is 30.4 Å². The van der Waals surface area contributed by atoms with Gasteiger partial charge >= 0.3 is 12.0 Å². The largest absolute Gasteiger partial charge is 0.617 e. The number of carboxylic acids is 1. The van der Waals surface area contributed by atoms with Crippen LogP contribution in [0.15, 0.2) is 48.5 Å². The van der Waals surface area contributed by atoms with Crippen molar-refractivity contribution in [3.05, 3.63) is 59.7 Å². The molecule has 11 heteroatoms. The van der Waals surface area contributed by atoms with Gasteiger partial charge in [0.15, 0.2) is 0 Å². The number of aliphatic carboxylic acids is 1. The molecule has 3 rings (SSSR count). The minimum absolute atomic E-state index is 0.00718. The summed E-state index contributed by atoms with van der Waals surface area (Å²) < 4.78 is 11.7. The maximum absolute atomic E-state index is 13.4. The summed E-state index contributed by atoms with van der Waals surface area (Å²) in [6.45, 7) is 2.33. The molecular weight excluding hydrogens is 520 g/mol. The summed E-state index contributed by atoms with van der Waals surface area (Å²) in [5.41, 5.74) is 2.88. The summed E-state index contributed by atoms with van der Waals surface area (Å²) in [6.07, 6.45) is 3.81. The number of piperidine rings is 1. The SMILES string of the molecule is Cc1ccccc1NC(=O)Nc1ccc(CC(=O)NC(CC[S+](C)[O-])C(=O)N2CCCCC2CC(=O)O)cc1. The average molecular weight is 557 g/mol. The highest BCUT2D eigenvalue weighted by Crippen LogP contribution is 2.22. The van der Waals surface area contributed by atoms with Crippen LogP contribution >= 0.6 is 0 Å². The summed E-state index contributed by atoms with van der Waals surface area (Å²) in [4.78, 5) is 51.4. The Morgan fingerprint density at radius 3 is 2.46 bits per heavy atom. The van der Waals surface area contributed by atoms with E-state index in [1.54, 1.807) is 29.2 Å². The summed E-state index contributed by atoms with van der Waals surface area (Å²) in [7, 11) is 0. The molecule has 0 bridgehead atoms. The zero-order valence-corrected chi connectivity index (χ0v) is 23.1. The third kappa shape index (κ3) is 9.60. The zero-order chi connectivity index (χ0) is 28.4. The first-order valence-corrected chi connectivity index (χ1v) is 14.7. The number of carbonyl (C=O) groups is 4. The quantitative estimate of drug-likeness (QED) is 0.312. The van der Waals surface area contributed by atoms with Crippen molar-refractivity contribution in [2.24, 2.45) is 0 Å². The van der Waals surface area contributed by atoms with E-state index in [9.17, 15) is 28.8 Å². The van der Waals surface area contributed by atoms with E-state index in [0.29, 0.717) is 29.9 Å². The molecule has 210 valence electrons. The lowest BCUT2D eigenvalue weighted by molar-refractivity contribution is -0.144. The highest BCUT2D eigenvalue weighted by molar-refractivity contribution is 7.90. The molecule has 1 fully saturated rings. The molecule has 1 heterocycles. The highest BCUT2D eigenvalue weighted by Gasteiger charge is 2.33. The minimum atomic E-state index is -1.16. The van der Waals surface area contributed by atoms with Gasteiger partial charge in [-0.1, -0.05) is 41.5 Å². The van der Waals surface area contributed by atoms with Crippen LogP contribution < -0.4 is 16.0 Å². The van der Waals surface area contributed by atoms with Gasteiger partial charge in [0.2, 0.25) is 11.8 Å². The fraction of sp³-hybridized carbons (Fsp3) is 0.429. The summed E-state index contributed by atoms with van der Waals surface area (Å²) in [5.74, 6) is -1.45. The van der Waals surface area contributed by atoms with E-state index in [1.807, 2.05) is 31.2 Å². The molecule has 2 aromatic carbocycles. The van der Waals surface area contributed by atoms with Crippen molar-refractivity contribution in [1.82, 2.24) is 10.2 Å². The number of rotatable bonds is 11. The maximum Gasteiger partial charge on any atom is 0.323 e. The van der Waals surface area contributed by atoms with Crippen LogP contribution in [0.1, 0.15) is 43.2 Å². The number of urea groups is 1. The highest BCUT2D eigenvalue weighted by atomic mass is 32.2. The molecule has 4 amide bonds. The van der Waals surface area contributed by atoms with E-state index in [0.717, 1.165) is 18.4 Å². The number of carbonyl (C=O) groups excluding carboxylic acids is 3. The summed E-state index contributed by atoms with van der Waals surface area (Å²) in [5, 5.41) is 17.6. The Balaban J connectivity index is 1.59. The van der Waals surface area contributed by atoms with E-state index >= 15 is 0 Å². The van der Waals surface area contributed by atoms with Crippen LogP contribution in [0.2, 0.25) is 0 Å². The second-order valence-electron chi connectivity index (χ2n) is 9.73. The predicted molar refractivity (Wildman–Crippen MR) is 151 cm³/mol. The number of para-hydroxylation sites is 1. The molecule has 4 N–H and O–H groups in total. The Labute approximate surface area is 231 Å². The number of carboxylic acid groups (broad SMARTS) is 1. The molecule has 10 nitrogen and oxygen atoms in total. The van der Waals surface area contributed by atoms with Crippen LogP contribution in [0, 0.1) is 6.92 Å². The van der Waals surface area contributed by atoms with Gasteiger partial charge in [-0.15, -0.1) is 0 Å². The molecule has 39 heavy (non-hydrogen) atoms. The smallest absolute Gasteiger partial charge is 0.323 e. The Bertz CT molecular complexity index is 1160. The molecule has 3 atom stereocenters. The third-order valence-electron chi connectivity index (χ3n) is 6.62. The topological polar surface area (TPSA) is 151 Å². The van der Waals surface area contributed by atoms with Crippen molar-refractivity contribution in [1.29, 1.82) is 0 Å². The van der Waals surface area contributed by atoms with Gasteiger partial charge in [0.05, 0.1) is 19.1 Å². The van der Waals surface area contributed by atoms with Crippen LogP contribution in [0.5, 0.6) is 0 Å². The van der Waals surface area contributed by atoms with Crippen molar-refractivity contribution >= 4 is 46.4 Å². The normalized spacial score (nSPS) is 16.6. The van der Waals surface area contributed by atoms with Gasteiger partial charge in [-0.05, 0) is 55.5 Å². The fourth-order valence-electron chi connectivity index (χ4n) is 4.58. The van der Waals surface area contributed by atoms with Crippen molar-refractivity contribution in [2.45, 2.75) is 57.5 Å². The lowest BCUT2D eigenvalue weighted by atomic mass is 9.98. The molecule has 0 aromatic heterocycles. The minimum Gasteiger partial charge on any atom is -0.617 e. The van der Waals surface area contributed by atoms with E-state index in [1.165, 1.54) is 6.26 Å². The van der Waals surface area contributed by atoms with Crippen molar-refractivity contribution < 1.29 is 28.8 Å². The van der Waals surface area contributed by atoms with E-state index in [-0.39, 0.29) is 42.9 Å². The Morgan fingerprint density at radius 2 is 1.79 bits per heavy atom. The molecule has 1 saturated heterocycles. The first-order valence-electron chi connectivity index (χ1n) is 13.0. The summed E-state index contributed by atoms with van der Waals surface area (Å²) in [6, 6.07) is 12.6. The van der Waals surface area contributed by atoms with E-state index in [2.05, 4.69) is 16.0 Å². The molecule has 0 saturated carbocycles. The molecule has 1 aliphatic rings. The van der Waals surface area contributed by atoms with E-state index in [4.69, 9.17) is 0 Å². The number of hydrogen-bond donors (Lipinski definition) is 4. The van der Waals surface area contributed by atoms with Crippen LogP contribution in [0.4, 0.5) is 16.2 Å². The van der Waals surface area contributed by atoms with Crippen LogP contribution in [0.25, 0.3) is 0 Å². The number of benzene rings is 2. The number of nitrogens with one attached hydrogen (secondary N) is 3. The number of likely N-dealkylation sites (tertiary alicyclic amines) is 1. The Kier molecular flexibility index (Phi) is 11.2. The molecule has 0 aliphatic carbocycles. The van der Waals surface area contributed by atoms with Gasteiger partial charge in [-0.25, -0.2) is 4.79 Å². The second kappa shape index (κ2) is 14.5. The molecule has 1 aliphatic heterocycles. The van der Waals surface area contributed by atoms with Crippen molar-refractivity contribution in [2.75, 3.05) is 29.2 Å². The first-order chi connectivity index (χ1) is 18.6. The first kappa shape index (κ1) is 30.0. The Morgan fingerprint density at radius 1 is 1.08 bits per heavy atom. The lowest BCUT2D eigenvalue weighted by Crippen LogP contribution is -2.54. The van der Waals surface area contributed by atoms with Gasteiger partial charge in [-0.3, -0.25) is 14.4 Å². The van der Waals surface area contributed by atoms with Gasteiger partial charge in [0.25, 0.3) is 0 Å². The number of nitrogens with zero attached hydrogens (tertiary/aromatic N) is 1. The second-order valence-corrected chi connectivity index (χ2v) is 11.3. The molecule has 3 unspecified atom stereocenters. The van der Waals surface area contributed by atoms with Crippen LogP contribution in [-0.2, 0) is 32.0 Å². The van der Waals surface area contributed by atoms with Gasteiger partial charge in [-0.2, -0.15) is 0 Å². The fourth-order valence-corrected chi connectivity index (χ4v) is 5.15. The molecule has 0 radical (unpaired) electrons. The number of anilines is 2. The van der Waals surface area contributed by atoms with Crippen molar-refractivity contribution in [3.8, 4) is 0 Å². The predicted octanol–water partition coefficient (Wildman–Crippen LogP) is 3.29. The zero-order valence-electron chi connectivity index (χ0n) is 22.3. The Hall–Kier alpha value is -3.57. The van der Waals surface area contributed by atoms with Crippen molar-refractivity contribution in [3.63, 3.8) is 0 Å². The monoisotopic (exact) mass is 556 g/mol. The third-order valence-corrected chi connectivity index (χ3v) is 7.43. The lowest BCUT2D eigenvalue weighted by Gasteiger charge is -2.37. The van der Waals surface area contributed by atoms with Crippen LogP contribution in [0.3, 0.4) is 0 Å². The molecular formula is C28H36N4O6S. The van der Waals surface area contributed by atoms with Gasteiger partial charge in [0.1, 0.15) is 11.8 Å². The number of aryl methyl sites for hydroxylation is 1. The average Bonchev–Trinajstić information content (AvgIpc) is 2.88. The maximum atomic E-state index is 13.4. The standard InChI is InChI=1S/C28H36N4O6S/c1-19-7-3-4-9-23(19)31-28(37)29-21-12-10-20(11-13-21)17-25(33)30-24(14-16-39(2)38)27(36)32-15-6-5-8-22(32)18-26(34)35/h3-4,7,9-13,22,24H,5-6,8,14-18H2,1-2H3,(H,30,33)(H,34,35)(H2,29,31,37).